The van der Waals surface area contributed by atoms with Crippen LogP contribution in [0.1, 0.15) is 31.6 Å². The van der Waals surface area contributed by atoms with Crippen molar-refractivity contribution >= 4 is 34.4 Å². The molecule has 32 heavy (non-hydrogen) atoms. The number of amides is 1. The Morgan fingerprint density at radius 1 is 1.22 bits per heavy atom. The van der Waals surface area contributed by atoms with E-state index in [0.29, 0.717) is 34.3 Å². The Bertz CT molecular complexity index is 978. The number of halogens is 1. The first-order valence-electron chi connectivity index (χ1n) is 10.3. The lowest BCUT2D eigenvalue weighted by molar-refractivity contribution is -0.250. The number of fused-ring (bicyclic) bond motifs is 1. The Labute approximate surface area is 189 Å². The molecule has 2 aromatic rings. The molecule has 0 saturated carbocycles. The summed E-state index contributed by atoms with van der Waals surface area (Å²) in [5, 5.41) is 52.9. The Morgan fingerprint density at radius 3 is 2.56 bits per heavy atom. The van der Waals surface area contributed by atoms with E-state index in [9.17, 15) is 35.1 Å². The topological polar surface area (TPSA) is 161 Å². The van der Waals surface area contributed by atoms with Gasteiger partial charge in [-0.1, -0.05) is 24.9 Å². The Balaban J connectivity index is 1.95. The summed E-state index contributed by atoms with van der Waals surface area (Å²) in [6.45, 7) is 1.24. The zero-order valence-electron chi connectivity index (χ0n) is 17.4. The first kappa shape index (κ1) is 24.4. The number of ether oxygens (including phenoxy) is 1. The van der Waals surface area contributed by atoms with Crippen LogP contribution in [-0.2, 0) is 20.7 Å². The molecule has 3 rings (SSSR count). The summed E-state index contributed by atoms with van der Waals surface area (Å²) in [5.74, 6) is -1.62. The van der Waals surface area contributed by atoms with E-state index < -0.39 is 55.2 Å². The van der Waals surface area contributed by atoms with Crippen molar-refractivity contribution in [1.82, 2.24) is 9.88 Å². The standard InChI is InChI=1S/C21H27ClN2O8/c1-2-3-13(21(30)31)23-16(26)6-10-8-24(14-5-4-11(22)7-12(10)14)20-19(29)18(28)17(27)15(9-25)32-20/h4-5,7-8,13,15,17-20,25,27-29H,2-3,6,9H2,1H3,(H,23,26)(H,30,31)/t13-,15-,17-,18+,19-,20-/m1/s1. The minimum absolute atomic E-state index is 0.158. The number of aromatic nitrogens is 1. The molecule has 0 aliphatic carbocycles. The van der Waals surface area contributed by atoms with Crippen LogP contribution in [0.4, 0.5) is 0 Å². The van der Waals surface area contributed by atoms with Gasteiger partial charge >= 0.3 is 5.97 Å². The molecule has 1 fully saturated rings. The zero-order valence-corrected chi connectivity index (χ0v) is 18.1. The summed E-state index contributed by atoms with van der Waals surface area (Å²) in [4.78, 5) is 23.9. The molecule has 6 atom stereocenters. The monoisotopic (exact) mass is 470 g/mol. The molecule has 1 saturated heterocycles. The lowest BCUT2D eigenvalue weighted by Gasteiger charge is -2.40. The molecule has 1 aliphatic rings. The number of aliphatic hydroxyl groups excluding tert-OH is 4. The number of hydrogen-bond acceptors (Lipinski definition) is 7. The van der Waals surface area contributed by atoms with Crippen molar-refractivity contribution < 1.29 is 39.9 Å². The van der Waals surface area contributed by atoms with Crippen LogP contribution >= 0.6 is 11.6 Å². The molecule has 10 nitrogen and oxygen atoms in total. The first-order chi connectivity index (χ1) is 15.2. The Morgan fingerprint density at radius 2 is 1.94 bits per heavy atom. The fourth-order valence-corrected chi connectivity index (χ4v) is 4.10. The molecular weight excluding hydrogens is 444 g/mol. The van der Waals surface area contributed by atoms with E-state index in [-0.39, 0.29) is 6.42 Å². The molecule has 1 aliphatic heterocycles. The van der Waals surface area contributed by atoms with Gasteiger partial charge in [0.05, 0.1) is 18.5 Å². The minimum Gasteiger partial charge on any atom is -0.480 e. The fraction of sp³-hybridized carbons (Fsp3) is 0.524. The number of carbonyl (C=O) groups is 2. The number of nitrogens with one attached hydrogen (secondary N) is 1. The van der Waals surface area contributed by atoms with Crippen molar-refractivity contribution in [2.24, 2.45) is 0 Å². The van der Waals surface area contributed by atoms with Gasteiger partial charge in [0.25, 0.3) is 0 Å². The zero-order chi connectivity index (χ0) is 23.6. The third-order valence-electron chi connectivity index (χ3n) is 5.58. The highest BCUT2D eigenvalue weighted by molar-refractivity contribution is 6.31. The van der Waals surface area contributed by atoms with Crippen LogP contribution in [0.2, 0.25) is 5.02 Å². The SMILES string of the molecule is CCC[C@@H](NC(=O)Cc1cn([C@@H]2O[C@H](CO)[C@@H](O)[C@H](O)[C@H]2O)c2ccc(Cl)cc12)C(=O)O. The molecule has 1 aromatic carbocycles. The molecule has 176 valence electrons. The maximum Gasteiger partial charge on any atom is 0.326 e. The second-order valence-corrected chi connectivity index (χ2v) is 8.30. The van der Waals surface area contributed by atoms with Gasteiger partial charge in [-0.05, 0) is 30.2 Å². The van der Waals surface area contributed by atoms with E-state index in [1.807, 2.05) is 6.92 Å². The van der Waals surface area contributed by atoms with E-state index in [0.717, 1.165) is 0 Å². The van der Waals surface area contributed by atoms with Gasteiger partial charge in [0.15, 0.2) is 6.23 Å². The van der Waals surface area contributed by atoms with Crippen molar-refractivity contribution in [3.05, 3.63) is 35.0 Å². The lowest BCUT2D eigenvalue weighted by Crippen LogP contribution is -2.56. The average Bonchev–Trinajstić information content (AvgIpc) is 3.09. The van der Waals surface area contributed by atoms with Crippen molar-refractivity contribution in [3.8, 4) is 0 Å². The average molecular weight is 471 g/mol. The van der Waals surface area contributed by atoms with E-state index in [4.69, 9.17) is 16.3 Å². The number of carboxylic acids is 1. The smallest absolute Gasteiger partial charge is 0.326 e. The summed E-state index contributed by atoms with van der Waals surface area (Å²) in [6, 6.07) is 3.88. The summed E-state index contributed by atoms with van der Waals surface area (Å²) < 4.78 is 7.14. The van der Waals surface area contributed by atoms with Crippen LogP contribution in [0.25, 0.3) is 10.9 Å². The van der Waals surface area contributed by atoms with Gasteiger partial charge in [0.1, 0.15) is 30.5 Å². The van der Waals surface area contributed by atoms with Crippen LogP contribution < -0.4 is 5.32 Å². The van der Waals surface area contributed by atoms with Crippen molar-refractivity contribution in [3.63, 3.8) is 0 Å². The Hall–Kier alpha value is -2.21. The van der Waals surface area contributed by atoms with Crippen molar-refractivity contribution in [2.45, 2.75) is 62.9 Å². The van der Waals surface area contributed by atoms with Crippen LogP contribution in [-0.4, -0.2) is 79.0 Å². The molecule has 0 unspecified atom stereocenters. The molecule has 2 heterocycles. The molecule has 1 aromatic heterocycles. The molecule has 0 spiro atoms. The quantitative estimate of drug-likeness (QED) is 0.318. The second kappa shape index (κ2) is 10.2. The Kier molecular flexibility index (Phi) is 7.75. The second-order valence-electron chi connectivity index (χ2n) is 7.87. The number of carboxylic acid groups (broad SMARTS) is 1. The number of nitrogens with zero attached hydrogens (tertiary/aromatic N) is 1. The number of carbonyl (C=O) groups excluding carboxylic acids is 1. The molecule has 6 N–H and O–H groups in total. The largest absolute Gasteiger partial charge is 0.480 e. The van der Waals surface area contributed by atoms with E-state index in [1.165, 1.54) is 4.57 Å². The highest BCUT2D eigenvalue weighted by atomic mass is 35.5. The molecule has 0 radical (unpaired) electrons. The minimum atomic E-state index is -1.56. The number of hydrogen-bond donors (Lipinski definition) is 6. The van der Waals surface area contributed by atoms with Crippen molar-refractivity contribution in [1.29, 1.82) is 0 Å². The van der Waals surface area contributed by atoms with E-state index in [1.54, 1.807) is 24.4 Å². The summed E-state index contributed by atoms with van der Waals surface area (Å²) >= 11 is 6.13. The van der Waals surface area contributed by atoms with Gasteiger partial charge in [0, 0.05) is 16.6 Å². The van der Waals surface area contributed by atoms with Gasteiger partial charge in [-0.15, -0.1) is 0 Å². The third-order valence-corrected chi connectivity index (χ3v) is 5.82. The molecular formula is C21H27ClN2O8. The number of rotatable bonds is 8. The normalized spacial score (nSPS) is 26.8. The highest BCUT2D eigenvalue weighted by Crippen LogP contribution is 2.34. The van der Waals surface area contributed by atoms with E-state index in [2.05, 4.69) is 5.32 Å². The first-order valence-corrected chi connectivity index (χ1v) is 10.7. The van der Waals surface area contributed by atoms with Crippen LogP contribution in [0.3, 0.4) is 0 Å². The lowest BCUT2D eigenvalue weighted by atomic mass is 9.98. The fourth-order valence-electron chi connectivity index (χ4n) is 3.93. The number of benzene rings is 1. The van der Waals surface area contributed by atoms with Gasteiger partial charge in [0.2, 0.25) is 5.91 Å². The van der Waals surface area contributed by atoms with Gasteiger partial charge in [-0.2, -0.15) is 0 Å². The number of aliphatic hydroxyl groups is 4. The summed E-state index contributed by atoms with van der Waals surface area (Å²) in [7, 11) is 0. The predicted octanol–water partition coefficient (Wildman–Crippen LogP) is 0.179. The number of aliphatic carboxylic acids is 1. The predicted molar refractivity (Wildman–Crippen MR) is 114 cm³/mol. The van der Waals surface area contributed by atoms with Gasteiger partial charge in [-0.3, -0.25) is 4.79 Å². The van der Waals surface area contributed by atoms with Gasteiger partial charge in [-0.25, -0.2) is 4.79 Å². The van der Waals surface area contributed by atoms with Crippen LogP contribution in [0.15, 0.2) is 24.4 Å². The van der Waals surface area contributed by atoms with Crippen LogP contribution in [0.5, 0.6) is 0 Å². The maximum atomic E-state index is 12.6. The van der Waals surface area contributed by atoms with Gasteiger partial charge < -0.3 is 40.2 Å². The highest BCUT2D eigenvalue weighted by Gasteiger charge is 2.44. The maximum absolute atomic E-state index is 12.6. The molecule has 0 bridgehead atoms. The van der Waals surface area contributed by atoms with Crippen molar-refractivity contribution in [2.75, 3.05) is 6.61 Å². The molecule has 11 heteroatoms. The van der Waals surface area contributed by atoms with Crippen LogP contribution in [0, 0.1) is 0 Å². The third kappa shape index (κ3) is 4.90. The summed E-state index contributed by atoms with van der Waals surface area (Å²) in [6.07, 6.45) is -4.56. The summed E-state index contributed by atoms with van der Waals surface area (Å²) in [5.41, 5.74) is 1.03. The van der Waals surface area contributed by atoms with E-state index >= 15 is 0 Å². The molecule has 1 amide bonds.